The number of rotatable bonds is 7. The average molecular weight is 421 g/mol. The highest BCUT2D eigenvalue weighted by molar-refractivity contribution is 9.10. The Balaban J connectivity index is 1.94. The molecule has 2 aromatic rings. The maximum Gasteiger partial charge on any atom is 0.314 e. The van der Waals surface area contributed by atoms with Crippen LogP contribution in [0, 0.1) is 5.92 Å². The summed E-state index contributed by atoms with van der Waals surface area (Å²) in [6.45, 7) is 5.17. The Morgan fingerprint density at radius 2 is 1.96 bits per heavy atom. The monoisotopic (exact) mass is 420 g/mol. The molecule has 1 atom stereocenters. The molecule has 0 aliphatic carbocycles. The van der Waals surface area contributed by atoms with Crippen molar-refractivity contribution in [2.45, 2.75) is 20.8 Å². The highest BCUT2D eigenvalue weighted by Gasteiger charge is 2.17. The number of carbonyl (C=O) groups is 2. The Bertz CT molecular complexity index is 835. The summed E-state index contributed by atoms with van der Waals surface area (Å²) >= 11 is 3.51. The van der Waals surface area contributed by atoms with Gasteiger partial charge in [-0.25, -0.2) is 5.43 Å². The van der Waals surface area contributed by atoms with Crippen molar-refractivity contribution >= 4 is 44.3 Å². The van der Waals surface area contributed by atoms with Crippen LogP contribution >= 0.6 is 15.9 Å². The van der Waals surface area contributed by atoms with Crippen LogP contribution in [0.25, 0.3) is 10.8 Å². The molecule has 1 N–H and O–H groups in total. The third-order valence-electron chi connectivity index (χ3n) is 3.81. The molecule has 1 unspecified atom stereocenters. The van der Waals surface area contributed by atoms with Crippen molar-refractivity contribution in [1.82, 2.24) is 5.43 Å². The molecule has 0 bridgehead atoms. The lowest BCUT2D eigenvalue weighted by Crippen LogP contribution is -2.28. The second kappa shape index (κ2) is 9.33. The minimum atomic E-state index is -0.522. The number of amides is 1. The summed E-state index contributed by atoms with van der Waals surface area (Å²) in [5.74, 6) is -0.745. The highest BCUT2D eigenvalue weighted by atomic mass is 79.9. The van der Waals surface area contributed by atoms with Gasteiger partial charge in [0.2, 0.25) is 0 Å². The molecular formula is C19H21BrN2O4. The fraction of sp³-hybridized carbons (Fsp3) is 0.316. The van der Waals surface area contributed by atoms with Crippen molar-refractivity contribution in [3.05, 3.63) is 40.9 Å². The summed E-state index contributed by atoms with van der Waals surface area (Å²) < 4.78 is 11.3. The number of esters is 1. The molecule has 0 aromatic heterocycles. The quantitative estimate of drug-likeness (QED) is 0.421. The Kier molecular flexibility index (Phi) is 7.15. The van der Waals surface area contributed by atoms with E-state index in [0.29, 0.717) is 18.1 Å². The zero-order chi connectivity index (χ0) is 19.1. The number of fused-ring (bicyclic) bond motifs is 1. The van der Waals surface area contributed by atoms with Gasteiger partial charge in [-0.2, -0.15) is 5.10 Å². The molecule has 7 heteroatoms. The number of carbonyl (C=O) groups excluding carboxylic acids is 2. The van der Waals surface area contributed by atoms with Crippen LogP contribution in [0.15, 0.2) is 46.0 Å². The van der Waals surface area contributed by atoms with Gasteiger partial charge in [0.25, 0.3) is 5.91 Å². The van der Waals surface area contributed by atoms with Crippen molar-refractivity contribution in [2.75, 3.05) is 13.2 Å². The van der Waals surface area contributed by atoms with Gasteiger partial charge >= 0.3 is 5.97 Å². The van der Waals surface area contributed by atoms with E-state index in [9.17, 15) is 9.59 Å². The first-order chi connectivity index (χ1) is 12.4. The maximum absolute atomic E-state index is 11.9. The van der Waals surface area contributed by atoms with E-state index in [1.807, 2.05) is 30.3 Å². The van der Waals surface area contributed by atoms with Crippen molar-refractivity contribution in [1.29, 1.82) is 0 Å². The molecule has 6 nitrogen and oxygen atoms in total. The van der Waals surface area contributed by atoms with Gasteiger partial charge in [-0.3, -0.25) is 9.59 Å². The van der Waals surface area contributed by atoms with Crippen LogP contribution < -0.4 is 10.2 Å². The maximum atomic E-state index is 11.9. The third kappa shape index (κ3) is 5.05. The molecule has 0 heterocycles. The van der Waals surface area contributed by atoms with E-state index in [-0.39, 0.29) is 12.6 Å². The van der Waals surface area contributed by atoms with Crippen molar-refractivity contribution < 1.29 is 19.1 Å². The van der Waals surface area contributed by atoms with Crippen molar-refractivity contribution in [3.8, 4) is 5.75 Å². The van der Waals surface area contributed by atoms with E-state index in [1.165, 1.54) is 0 Å². The van der Waals surface area contributed by atoms with Gasteiger partial charge in [0.05, 0.1) is 17.0 Å². The molecule has 0 saturated heterocycles. The summed E-state index contributed by atoms with van der Waals surface area (Å²) in [6, 6.07) is 11.6. The molecule has 0 aliphatic rings. The van der Waals surface area contributed by atoms with Crippen molar-refractivity contribution in [2.24, 2.45) is 11.0 Å². The zero-order valence-electron chi connectivity index (χ0n) is 14.9. The Morgan fingerprint density at radius 1 is 1.23 bits per heavy atom. The fourth-order valence-corrected chi connectivity index (χ4v) is 2.79. The van der Waals surface area contributed by atoms with Gasteiger partial charge in [0.1, 0.15) is 5.75 Å². The van der Waals surface area contributed by atoms with Crippen LogP contribution in [0.5, 0.6) is 5.75 Å². The summed E-state index contributed by atoms with van der Waals surface area (Å²) in [5.41, 5.74) is 2.85. The largest absolute Gasteiger partial charge is 0.483 e. The number of ether oxygens (including phenoxy) is 2. The third-order valence-corrected chi connectivity index (χ3v) is 4.63. The summed E-state index contributed by atoms with van der Waals surface area (Å²) in [7, 11) is 0. The molecule has 0 saturated carbocycles. The summed E-state index contributed by atoms with van der Waals surface area (Å²) in [6.07, 6.45) is 0. The molecule has 0 radical (unpaired) electrons. The average Bonchev–Trinajstić information content (AvgIpc) is 2.65. The van der Waals surface area contributed by atoms with E-state index in [2.05, 4.69) is 26.5 Å². The lowest BCUT2D eigenvalue weighted by molar-refractivity contribution is -0.145. The first-order valence-corrected chi connectivity index (χ1v) is 9.03. The van der Waals surface area contributed by atoms with Gasteiger partial charge in [0, 0.05) is 5.71 Å². The van der Waals surface area contributed by atoms with E-state index in [0.717, 1.165) is 15.2 Å². The first-order valence-electron chi connectivity index (χ1n) is 8.23. The van der Waals surface area contributed by atoms with E-state index >= 15 is 0 Å². The van der Waals surface area contributed by atoms with E-state index in [4.69, 9.17) is 9.47 Å². The number of benzene rings is 2. The van der Waals surface area contributed by atoms with E-state index < -0.39 is 11.8 Å². The van der Waals surface area contributed by atoms with Crippen LogP contribution in [0.1, 0.15) is 20.8 Å². The van der Waals surface area contributed by atoms with Crippen LogP contribution in [-0.2, 0) is 14.3 Å². The first kappa shape index (κ1) is 19.9. The topological polar surface area (TPSA) is 77.0 Å². The SMILES string of the molecule is CCOC(=O)C(C)C(C)=NNC(=O)COc1ccc2ccccc2c1Br. The molecule has 2 aromatic carbocycles. The van der Waals surface area contributed by atoms with Crippen LogP contribution in [0.2, 0.25) is 0 Å². The fourth-order valence-electron chi connectivity index (χ4n) is 2.19. The minimum Gasteiger partial charge on any atom is -0.483 e. The zero-order valence-corrected chi connectivity index (χ0v) is 16.5. The van der Waals surface area contributed by atoms with Gasteiger partial charge < -0.3 is 9.47 Å². The van der Waals surface area contributed by atoms with Gasteiger partial charge in [0.15, 0.2) is 6.61 Å². The highest BCUT2D eigenvalue weighted by Crippen LogP contribution is 2.32. The molecule has 138 valence electrons. The van der Waals surface area contributed by atoms with Crippen molar-refractivity contribution in [3.63, 3.8) is 0 Å². The molecule has 0 spiro atoms. The second-order valence-corrected chi connectivity index (χ2v) is 6.44. The Hall–Kier alpha value is -2.41. The van der Waals surface area contributed by atoms with Crippen LogP contribution in [0.4, 0.5) is 0 Å². The number of nitrogens with one attached hydrogen (secondary N) is 1. The van der Waals surface area contributed by atoms with Gasteiger partial charge in [-0.1, -0.05) is 30.3 Å². The lowest BCUT2D eigenvalue weighted by Gasteiger charge is -2.11. The molecule has 0 aliphatic heterocycles. The Morgan fingerprint density at radius 3 is 2.69 bits per heavy atom. The predicted octanol–water partition coefficient (Wildman–Crippen LogP) is 3.67. The normalized spacial score (nSPS) is 12.5. The number of hydrazone groups is 1. The summed E-state index contributed by atoms with van der Waals surface area (Å²) in [5, 5.41) is 6.01. The number of hydrogen-bond donors (Lipinski definition) is 1. The Labute approximate surface area is 160 Å². The molecule has 0 fully saturated rings. The molecule has 26 heavy (non-hydrogen) atoms. The van der Waals surface area contributed by atoms with Crippen LogP contribution in [-0.4, -0.2) is 30.8 Å². The minimum absolute atomic E-state index is 0.193. The molecule has 1 amide bonds. The molecular weight excluding hydrogens is 400 g/mol. The smallest absolute Gasteiger partial charge is 0.314 e. The lowest BCUT2D eigenvalue weighted by atomic mass is 10.1. The predicted molar refractivity (Wildman–Crippen MR) is 104 cm³/mol. The van der Waals surface area contributed by atoms with Gasteiger partial charge in [-0.05, 0) is 53.5 Å². The second-order valence-electron chi connectivity index (χ2n) is 5.65. The molecule has 2 rings (SSSR count). The van der Waals surface area contributed by atoms with Crippen LogP contribution in [0.3, 0.4) is 0 Å². The number of halogens is 1. The summed E-state index contributed by atoms with van der Waals surface area (Å²) in [4.78, 5) is 23.6. The van der Waals surface area contributed by atoms with E-state index in [1.54, 1.807) is 26.8 Å². The number of nitrogens with zero attached hydrogens (tertiary/aromatic N) is 1. The standard InChI is InChI=1S/C19H21BrN2O4/c1-4-25-19(24)12(2)13(3)21-22-17(23)11-26-16-10-9-14-7-5-6-8-15(14)18(16)20/h5-10,12H,4,11H2,1-3H3,(H,22,23). The number of hydrogen-bond acceptors (Lipinski definition) is 5. The van der Waals surface area contributed by atoms with Gasteiger partial charge in [-0.15, -0.1) is 0 Å².